The van der Waals surface area contributed by atoms with Crippen molar-refractivity contribution >= 4 is 11.8 Å². The third-order valence-electron chi connectivity index (χ3n) is 3.93. The molecule has 0 bridgehead atoms. The van der Waals surface area contributed by atoms with Crippen LogP contribution in [0.4, 0.5) is 8.78 Å². The van der Waals surface area contributed by atoms with Gasteiger partial charge in [-0.05, 0) is 62.6 Å². The lowest BCUT2D eigenvalue weighted by atomic mass is 9.96. The van der Waals surface area contributed by atoms with Crippen molar-refractivity contribution in [1.82, 2.24) is 0 Å². The number of ketones is 1. The van der Waals surface area contributed by atoms with E-state index in [-0.39, 0.29) is 0 Å². The maximum atomic E-state index is 13.6. The summed E-state index contributed by atoms with van der Waals surface area (Å²) >= 11 is 0. The Morgan fingerprint density at radius 3 is 2.08 bits per heavy atom. The van der Waals surface area contributed by atoms with Gasteiger partial charge in [-0.25, -0.2) is 13.6 Å². The molecule has 0 amide bonds. The van der Waals surface area contributed by atoms with Gasteiger partial charge in [0.25, 0.3) is 0 Å². The lowest BCUT2D eigenvalue weighted by Crippen LogP contribution is -2.26. The topological polar surface area (TPSA) is 43.4 Å². The van der Waals surface area contributed by atoms with Crippen molar-refractivity contribution in [2.75, 3.05) is 0 Å². The van der Waals surface area contributed by atoms with E-state index in [1.54, 1.807) is 13.0 Å². The van der Waals surface area contributed by atoms with Gasteiger partial charge in [0.1, 0.15) is 17.2 Å². The number of hydrogen-bond donors (Lipinski definition) is 0. The SMILES string of the molecule is Cc1cc(C)c(C(=O)[C@H](C)OC(=O)c2c(F)cccc2F)cc1C. The monoisotopic (exact) mass is 332 g/mol. The molecule has 0 heterocycles. The predicted molar refractivity (Wildman–Crippen MR) is 86.2 cm³/mol. The van der Waals surface area contributed by atoms with E-state index in [0.717, 1.165) is 34.9 Å². The van der Waals surface area contributed by atoms with Crippen LogP contribution in [0.15, 0.2) is 30.3 Å². The van der Waals surface area contributed by atoms with Crippen LogP contribution in [0.3, 0.4) is 0 Å². The molecule has 3 nitrogen and oxygen atoms in total. The number of hydrogen-bond acceptors (Lipinski definition) is 3. The van der Waals surface area contributed by atoms with Crippen LogP contribution in [-0.2, 0) is 4.74 Å². The first-order valence-electron chi connectivity index (χ1n) is 7.49. The molecule has 0 aliphatic rings. The van der Waals surface area contributed by atoms with Crippen LogP contribution in [0.25, 0.3) is 0 Å². The van der Waals surface area contributed by atoms with Gasteiger partial charge < -0.3 is 4.74 Å². The standard InChI is InChI=1S/C19H18F2O3/c1-10-8-12(3)14(9-11(10)2)18(22)13(4)24-19(23)17-15(20)6-5-7-16(17)21/h5-9,13H,1-4H3/t13-/m0/s1. The van der Waals surface area contributed by atoms with Gasteiger partial charge in [-0.15, -0.1) is 0 Å². The highest BCUT2D eigenvalue weighted by Crippen LogP contribution is 2.19. The third kappa shape index (κ3) is 3.50. The Kier molecular flexibility index (Phi) is 5.12. The van der Waals surface area contributed by atoms with Crippen LogP contribution in [0, 0.1) is 32.4 Å². The van der Waals surface area contributed by atoms with Crippen molar-refractivity contribution in [3.8, 4) is 0 Å². The minimum atomic E-state index is -1.20. The van der Waals surface area contributed by atoms with Crippen LogP contribution in [-0.4, -0.2) is 17.9 Å². The molecule has 126 valence electrons. The number of aryl methyl sites for hydroxylation is 3. The Bertz CT molecular complexity index is 792. The second-order valence-electron chi connectivity index (χ2n) is 5.76. The molecule has 0 fully saturated rings. The first-order valence-corrected chi connectivity index (χ1v) is 7.49. The molecule has 0 radical (unpaired) electrons. The van der Waals surface area contributed by atoms with Gasteiger partial charge in [0.05, 0.1) is 0 Å². The van der Waals surface area contributed by atoms with Crippen LogP contribution < -0.4 is 0 Å². The number of benzene rings is 2. The first-order chi connectivity index (χ1) is 11.2. The summed E-state index contributed by atoms with van der Waals surface area (Å²) in [5.74, 6) is -3.67. The molecule has 2 aromatic carbocycles. The number of ether oxygens (including phenoxy) is 1. The van der Waals surface area contributed by atoms with Gasteiger partial charge in [0.15, 0.2) is 6.10 Å². The number of rotatable bonds is 4. The molecular weight excluding hydrogens is 314 g/mol. The number of halogens is 2. The highest BCUT2D eigenvalue weighted by molar-refractivity contribution is 6.02. The van der Waals surface area contributed by atoms with Crippen LogP contribution in [0.2, 0.25) is 0 Å². The largest absolute Gasteiger partial charge is 0.451 e. The molecule has 0 spiro atoms. The van der Waals surface area contributed by atoms with Crippen molar-refractivity contribution in [2.24, 2.45) is 0 Å². The van der Waals surface area contributed by atoms with Crippen LogP contribution >= 0.6 is 0 Å². The lowest BCUT2D eigenvalue weighted by Gasteiger charge is -2.15. The summed E-state index contributed by atoms with van der Waals surface area (Å²) in [5.41, 5.74) is 2.36. The van der Waals surface area contributed by atoms with E-state index in [2.05, 4.69) is 0 Å². The third-order valence-corrected chi connectivity index (χ3v) is 3.93. The van der Waals surface area contributed by atoms with E-state index >= 15 is 0 Å². The molecule has 0 aliphatic carbocycles. The van der Waals surface area contributed by atoms with Crippen molar-refractivity contribution < 1.29 is 23.1 Å². The summed E-state index contributed by atoms with van der Waals surface area (Å²) in [6.45, 7) is 6.97. The molecule has 0 saturated carbocycles. The van der Waals surface area contributed by atoms with Gasteiger partial charge in [0.2, 0.25) is 5.78 Å². The summed E-state index contributed by atoms with van der Waals surface area (Å²) in [6, 6.07) is 6.66. The summed E-state index contributed by atoms with van der Waals surface area (Å²) < 4.78 is 32.2. The molecule has 1 atom stereocenters. The summed E-state index contributed by atoms with van der Waals surface area (Å²) in [5, 5.41) is 0. The molecule has 0 aromatic heterocycles. The van der Waals surface area contributed by atoms with E-state index in [1.807, 2.05) is 19.9 Å². The zero-order chi connectivity index (χ0) is 18.0. The van der Waals surface area contributed by atoms with E-state index in [0.29, 0.717) is 5.56 Å². The van der Waals surface area contributed by atoms with Gasteiger partial charge in [-0.3, -0.25) is 4.79 Å². The number of Topliss-reactive ketones (excluding diaryl/α,β-unsaturated/α-hetero) is 1. The van der Waals surface area contributed by atoms with Gasteiger partial charge >= 0.3 is 5.97 Å². The maximum absolute atomic E-state index is 13.6. The highest BCUT2D eigenvalue weighted by Gasteiger charge is 2.25. The van der Waals surface area contributed by atoms with Gasteiger partial charge in [-0.2, -0.15) is 0 Å². The van der Waals surface area contributed by atoms with E-state index in [1.165, 1.54) is 6.92 Å². The molecular formula is C19H18F2O3. The van der Waals surface area contributed by atoms with Gasteiger partial charge in [0, 0.05) is 5.56 Å². The second kappa shape index (κ2) is 6.91. The zero-order valence-electron chi connectivity index (χ0n) is 13.9. The van der Waals surface area contributed by atoms with E-state index in [9.17, 15) is 18.4 Å². The summed E-state index contributed by atoms with van der Waals surface area (Å²) in [6.07, 6.45) is -1.16. The molecule has 2 aromatic rings. The summed E-state index contributed by atoms with van der Waals surface area (Å²) in [7, 11) is 0. The maximum Gasteiger partial charge on any atom is 0.344 e. The molecule has 5 heteroatoms. The molecule has 0 saturated heterocycles. The quantitative estimate of drug-likeness (QED) is 0.619. The first kappa shape index (κ1) is 17.8. The van der Waals surface area contributed by atoms with Crippen molar-refractivity contribution in [3.63, 3.8) is 0 Å². The normalized spacial score (nSPS) is 11.9. The molecule has 0 N–H and O–H groups in total. The fourth-order valence-electron chi connectivity index (χ4n) is 2.41. The number of carbonyl (C=O) groups excluding carboxylic acids is 2. The smallest absolute Gasteiger partial charge is 0.344 e. The molecule has 24 heavy (non-hydrogen) atoms. The number of esters is 1. The molecule has 0 aliphatic heterocycles. The van der Waals surface area contributed by atoms with Crippen LogP contribution in [0.5, 0.6) is 0 Å². The number of carbonyl (C=O) groups is 2. The molecule has 2 rings (SSSR count). The fourth-order valence-corrected chi connectivity index (χ4v) is 2.41. The van der Waals surface area contributed by atoms with Crippen molar-refractivity contribution in [1.29, 1.82) is 0 Å². The second-order valence-corrected chi connectivity index (χ2v) is 5.76. The average Bonchev–Trinajstić information content (AvgIpc) is 2.50. The van der Waals surface area contributed by atoms with Crippen molar-refractivity contribution in [2.45, 2.75) is 33.8 Å². The Balaban J connectivity index is 2.24. The minimum absolute atomic E-state index is 0.416. The lowest BCUT2D eigenvalue weighted by molar-refractivity contribution is 0.0309. The van der Waals surface area contributed by atoms with Crippen LogP contribution in [0.1, 0.15) is 44.3 Å². The minimum Gasteiger partial charge on any atom is -0.451 e. The fraction of sp³-hybridized carbons (Fsp3) is 0.263. The Morgan fingerprint density at radius 2 is 1.50 bits per heavy atom. The predicted octanol–water partition coefficient (Wildman–Crippen LogP) is 4.32. The summed E-state index contributed by atoms with van der Waals surface area (Å²) in [4.78, 5) is 24.5. The Labute approximate surface area is 139 Å². The zero-order valence-corrected chi connectivity index (χ0v) is 13.9. The Hall–Kier alpha value is -2.56. The van der Waals surface area contributed by atoms with E-state index in [4.69, 9.17) is 4.74 Å². The Morgan fingerprint density at radius 1 is 0.958 bits per heavy atom. The molecule has 0 unspecified atom stereocenters. The van der Waals surface area contributed by atoms with Gasteiger partial charge in [-0.1, -0.05) is 12.1 Å². The van der Waals surface area contributed by atoms with Crippen molar-refractivity contribution in [3.05, 3.63) is 69.8 Å². The van der Waals surface area contributed by atoms with E-state index < -0.39 is 35.1 Å². The average molecular weight is 332 g/mol. The highest BCUT2D eigenvalue weighted by atomic mass is 19.1.